The molecule has 0 radical (unpaired) electrons. The van der Waals surface area contributed by atoms with Gasteiger partial charge in [-0.05, 0) is 55.4 Å². The molecule has 0 fully saturated rings. The number of rotatable bonds is 9. The third-order valence-corrected chi connectivity index (χ3v) is 4.23. The van der Waals surface area contributed by atoms with Crippen molar-refractivity contribution < 1.29 is 13.5 Å². The molecule has 0 aromatic heterocycles. The molecule has 3 heteroatoms. The fourth-order valence-electron chi connectivity index (χ4n) is 2.73. The largest absolute Gasteiger partial charge is 0.462 e. The second-order valence-electron chi connectivity index (χ2n) is 6.21. The predicted molar refractivity (Wildman–Crippen MR) is 98.9 cm³/mol. The molecule has 2 aromatic carbocycles. The molecule has 134 valence electrons. The number of aryl methyl sites for hydroxylation is 3. The van der Waals surface area contributed by atoms with Crippen LogP contribution in [0.1, 0.15) is 49.8 Å². The lowest BCUT2D eigenvalue weighted by Gasteiger charge is -2.08. The molecular formula is C22H26F2O. The monoisotopic (exact) mass is 344 g/mol. The standard InChI is InChI=1S/C22H26F2O/c1-3-5-6-7-17-8-10-18(11-9-17)12-13-19-14-15-20(25-16-4-2)22(24)21(19)23/h4,8-11,14-16H,3,5-7,12-13H2,1-2H3. The lowest BCUT2D eigenvalue weighted by Crippen LogP contribution is -2.00. The van der Waals surface area contributed by atoms with Crippen LogP contribution < -0.4 is 4.74 Å². The number of hydrogen-bond acceptors (Lipinski definition) is 1. The summed E-state index contributed by atoms with van der Waals surface area (Å²) < 4.78 is 33.2. The number of hydrogen-bond donors (Lipinski definition) is 0. The molecule has 25 heavy (non-hydrogen) atoms. The Morgan fingerprint density at radius 1 is 0.840 bits per heavy atom. The summed E-state index contributed by atoms with van der Waals surface area (Å²) in [6.07, 6.45) is 8.88. The van der Waals surface area contributed by atoms with Crippen molar-refractivity contribution in [2.24, 2.45) is 0 Å². The van der Waals surface area contributed by atoms with E-state index in [1.54, 1.807) is 19.1 Å². The first-order chi connectivity index (χ1) is 12.2. The van der Waals surface area contributed by atoms with Crippen LogP contribution in [0, 0.1) is 11.6 Å². The van der Waals surface area contributed by atoms with Crippen molar-refractivity contribution >= 4 is 0 Å². The number of ether oxygens (including phenoxy) is 1. The Balaban J connectivity index is 1.95. The lowest BCUT2D eigenvalue weighted by molar-refractivity contribution is 0.411. The molecule has 0 unspecified atom stereocenters. The summed E-state index contributed by atoms with van der Waals surface area (Å²) >= 11 is 0. The first-order valence-electron chi connectivity index (χ1n) is 8.98. The molecule has 0 aliphatic rings. The highest BCUT2D eigenvalue weighted by Gasteiger charge is 2.14. The second-order valence-corrected chi connectivity index (χ2v) is 6.21. The lowest BCUT2D eigenvalue weighted by atomic mass is 10.0. The summed E-state index contributed by atoms with van der Waals surface area (Å²) in [4.78, 5) is 0. The minimum absolute atomic E-state index is 0.0872. The minimum Gasteiger partial charge on any atom is -0.462 e. The van der Waals surface area contributed by atoms with Gasteiger partial charge in [-0.25, -0.2) is 4.39 Å². The molecule has 0 saturated heterocycles. The van der Waals surface area contributed by atoms with Gasteiger partial charge in [0.1, 0.15) is 0 Å². The molecule has 0 amide bonds. The number of unbranched alkanes of at least 4 members (excludes halogenated alkanes) is 2. The fraction of sp³-hybridized carbons (Fsp3) is 0.364. The van der Waals surface area contributed by atoms with Gasteiger partial charge in [0.05, 0.1) is 6.26 Å². The van der Waals surface area contributed by atoms with Gasteiger partial charge in [-0.2, -0.15) is 4.39 Å². The van der Waals surface area contributed by atoms with Crippen LogP contribution in [0.5, 0.6) is 5.75 Å². The van der Waals surface area contributed by atoms with Gasteiger partial charge in [0.2, 0.25) is 5.82 Å². The van der Waals surface area contributed by atoms with E-state index in [9.17, 15) is 8.78 Å². The fourth-order valence-corrected chi connectivity index (χ4v) is 2.73. The molecule has 0 N–H and O–H groups in total. The van der Waals surface area contributed by atoms with Crippen LogP contribution in [-0.4, -0.2) is 0 Å². The normalized spacial score (nSPS) is 11.2. The molecule has 0 heterocycles. The smallest absolute Gasteiger partial charge is 0.201 e. The van der Waals surface area contributed by atoms with Gasteiger partial charge in [0.15, 0.2) is 11.6 Å². The van der Waals surface area contributed by atoms with Gasteiger partial charge in [0.25, 0.3) is 0 Å². The van der Waals surface area contributed by atoms with Gasteiger partial charge < -0.3 is 4.74 Å². The topological polar surface area (TPSA) is 9.23 Å². The number of halogens is 2. The van der Waals surface area contributed by atoms with Gasteiger partial charge in [0, 0.05) is 0 Å². The first-order valence-corrected chi connectivity index (χ1v) is 8.98. The summed E-state index contributed by atoms with van der Waals surface area (Å²) in [5, 5.41) is 0. The summed E-state index contributed by atoms with van der Waals surface area (Å²) in [5.74, 6) is -1.84. The van der Waals surface area contributed by atoms with Crippen molar-refractivity contribution in [2.45, 2.75) is 52.4 Å². The van der Waals surface area contributed by atoms with Crippen LogP contribution in [0.15, 0.2) is 48.7 Å². The van der Waals surface area contributed by atoms with Crippen molar-refractivity contribution in [1.29, 1.82) is 0 Å². The zero-order chi connectivity index (χ0) is 18.1. The number of allylic oxidation sites excluding steroid dienone is 1. The molecule has 0 bridgehead atoms. The van der Waals surface area contributed by atoms with E-state index in [1.807, 2.05) is 0 Å². The third-order valence-electron chi connectivity index (χ3n) is 4.23. The molecule has 0 spiro atoms. The van der Waals surface area contributed by atoms with Crippen LogP contribution in [0.4, 0.5) is 8.78 Å². The maximum atomic E-state index is 14.2. The third kappa shape index (κ3) is 5.70. The Hall–Kier alpha value is -2.16. The molecular weight excluding hydrogens is 318 g/mol. The van der Waals surface area contributed by atoms with Gasteiger partial charge in [-0.15, -0.1) is 0 Å². The van der Waals surface area contributed by atoms with E-state index in [2.05, 4.69) is 31.2 Å². The van der Waals surface area contributed by atoms with E-state index in [0.717, 1.165) is 12.0 Å². The predicted octanol–water partition coefficient (Wildman–Crippen LogP) is 6.40. The average Bonchev–Trinajstić information content (AvgIpc) is 2.63. The first kappa shape index (κ1) is 19.2. The summed E-state index contributed by atoms with van der Waals surface area (Å²) in [6.45, 7) is 3.95. The molecule has 0 saturated carbocycles. The highest BCUT2D eigenvalue weighted by molar-refractivity contribution is 5.32. The van der Waals surface area contributed by atoms with E-state index in [-0.39, 0.29) is 5.75 Å². The van der Waals surface area contributed by atoms with Crippen LogP contribution in [-0.2, 0) is 19.3 Å². The highest BCUT2D eigenvalue weighted by atomic mass is 19.2. The van der Waals surface area contributed by atoms with Crippen LogP contribution in [0.25, 0.3) is 0 Å². The summed E-state index contributed by atoms with van der Waals surface area (Å²) in [7, 11) is 0. The molecule has 0 aliphatic carbocycles. The molecule has 2 aromatic rings. The van der Waals surface area contributed by atoms with Crippen molar-refractivity contribution in [1.82, 2.24) is 0 Å². The van der Waals surface area contributed by atoms with Gasteiger partial charge in [-0.3, -0.25) is 0 Å². The van der Waals surface area contributed by atoms with E-state index in [0.29, 0.717) is 18.4 Å². The van der Waals surface area contributed by atoms with Gasteiger partial charge >= 0.3 is 0 Å². The Morgan fingerprint density at radius 2 is 1.52 bits per heavy atom. The van der Waals surface area contributed by atoms with Crippen LogP contribution >= 0.6 is 0 Å². The van der Waals surface area contributed by atoms with Crippen LogP contribution in [0.2, 0.25) is 0 Å². The Morgan fingerprint density at radius 3 is 2.16 bits per heavy atom. The summed E-state index contributed by atoms with van der Waals surface area (Å²) in [6, 6.07) is 11.5. The van der Waals surface area contributed by atoms with Crippen molar-refractivity contribution in [3.8, 4) is 5.75 Å². The van der Waals surface area contributed by atoms with E-state index >= 15 is 0 Å². The quantitative estimate of drug-likeness (QED) is 0.378. The zero-order valence-electron chi connectivity index (χ0n) is 15.0. The average molecular weight is 344 g/mol. The molecule has 0 aliphatic heterocycles. The van der Waals surface area contributed by atoms with Gasteiger partial charge in [-0.1, -0.05) is 56.2 Å². The van der Waals surface area contributed by atoms with Crippen molar-refractivity contribution in [3.05, 3.63) is 77.1 Å². The Labute approximate surface area is 149 Å². The van der Waals surface area contributed by atoms with E-state index in [1.165, 1.54) is 37.2 Å². The van der Waals surface area contributed by atoms with E-state index in [4.69, 9.17) is 4.74 Å². The Kier molecular flexibility index (Phi) is 7.65. The molecule has 2 rings (SSSR count). The van der Waals surface area contributed by atoms with Crippen molar-refractivity contribution in [2.75, 3.05) is 0 Å². The maximum absolute atomic E-state index is 14.2. The molecule has 1 nitrogen and oxygen atoms in total. The molecule has 0 atom stereocenters. The maximum Gasteiger partial charge on any atom is 0.201 e. The summed E-state index contributed by atoms with van der Waals surface area (Å²) in [5.41, 5.74) is 2.84. The van der Waals surface area contributed by atoms with Crippen LogP contribution in [0.3, 0.4) is 0 Å². The number of benzene rings is 2. The second kappa shape index (κ2) is 9.97. The minimum atomic E-state index is -0.929. The Bertz CT molecular complexity index is 690. The zero-order valence-corrected chi connectivity index (χ0v) is 15.0. The highest BCUT2D eigenvalue weighted by Crippen LogP contribution is 2.24. The van der Waals surface area contributed by atoms with Crippen molar-refractivity contribution in [3.63, 3.8) is 0 Å². The van der Waals surface area contributed by atoms with E-state index < -0.39 is 11.6 Å². The SMILES string of the molecule is CC=COc1ccc(CCc2ccc(CCCCC)cc2)c(F)c1F.